The third-order valence-corrected chi connectivity index (χ3v) is 4.00. The number of hydrogen-bond acceptors (Lipinski definition) is 2. The first-order valence-corrected chi connectivity index (χ1v) is 7.25. The van der Waals surface area contributed by atoms with E-state index < -0.39 is 5.60 Å². The van der Waals surface area contributed by atoms with Gasteiger partial charge in [0, 0.05) is 21.9 Å². The molecule has 1 aromatic rings. The Labute approximate surface area is 122 Å². The molecule has 0 aromatic carbocycles. The fraction of sp³-hybridized carbons (Fsp3) is 0.643. The van der Waals surface area contributed by atoms with Crippen LogP contribution >= 0.6 is 15.9 Å². The first-order valence-electron chi connectivity index (χ1n) is 6.45. The van der Waals surface area contributed by atoms with Gasteiger partial charge in [-0.3, -0.25) is 4.90 Å². The third kappa shape index (κ3) is 2.96. The average Bonchev–Trinajstić information content (AvgIpc) is 2.55. The number of ether oxygens (including phenoxy) is 1. The molecule has 0 radical (unpaired) electrons. The third-order valence-electron chi connectivity index (χ3n) is 3.30. The molecule has 2 rings (SSSR count). The van der Waals surface area contributed by atoms with E-state index in [-0.39, 0.29) is 11.6 Å². The number of H-pyrrole nitrogens is 1. The molecule has 0 atom stereocenters. The second-order valence-corrected chi connectivity index (χ2v) is 7.50. The van der Waals surface area contributed by atoms with Gasteiger partial charge in [-0.15, -0.1) is 0 Å². The summed E-state index contributed by atoms with van der Waals surface area (Å²) in [5.74, 6) is 0. The van der Waals surface area contributed by atoms with Gasteiger partial charge in [0.25, 0.3) is 0 Å². The molecule has 0 saturated carbocycles. The maximum Gasteiger partial charge on any atom is 0.411 e. The Morgan fingerprint density at radius 3 is 2.68 bits per heavy atom. The maximum absolute atomic E-state index is 12.3. The summed E-state index contributed by atoms with van der Waals surface area (Å²) in [6, 6.07) is 0. The molecular formula is C14H21BrN2O2. The molecule has 0 bridgehead atoms. The largest absolute Gasteiger partial charge is 0.444 e. The standard InChI is InChI=1S/C14H21BrN2O2/c1-13(2,3)19-12(18)17-8-11-9(6-14(17,4)5)10(15)7-16-11/h7,16H,6,8H2,1-5H3. The predicted octanol–water partition coefficient (Wildman–Crippen LogP) is 3.85. The number of nitrogens with zero attached hydrogens (tertiary/aromatic N) is 1. The number of carbonyl (C=O) groups is 1. The topological polar surface area (TPSA) is 45.3 Å². The van der Waals surface area contributed by atoms with Gasteiger partial charge in [0.1, 0.15) is 5.60 Å². The highest BCUT2D eigenvalue weighted by Crippen LogP contribution is 2.35. The summed E-state index contributed by atoms with van der Waals surface area (Å²) in [5, 5.41) is 0. The van der Waals surface area contributed by atoms with Crippen LogP contribution in [-0.4, -0.2) is 27.1 Å². The van der Waals surface area contributed by atoms with E-state index in [2.05, 4.69) is 34.8 Å². The minimum atomic E-state index is -0.468. The number of hydrogen-bond donors (Lipinski definition) is 1. The summed E-state index contributed by atoms with van der Waals surface area (Å²) in [5.41, 5.74) is 1.62. The highest BCUT2D eigenvalue weighted by atomic mass is 79.9. The average molecular weight is 329 g/mol. The van der Waals surface area contributed by atoms with Gasteiger partial charge >= 0.3 is 6.09 Å². The molecule has 106 valence electrons. The fourth-order valence-electron chi connectivity index (χ4n) is 2.33. The van der Waals surface area contributed by atoms with E-state index >= 15 is 0 Å². The maximum atomic E-state index is 12.3. The summed E-state index contributed by atoms with van der Waals surface area (Å²) >= 11 is 3.54. The lowest BCUT2D eigenvalue weighted by atomic mass is 9.89. The second kappa shape index (κ2) is 4.54. The SMILES string of the molecule is CC(C)(C)OC(=O)N1Cc2[nH]cc(Br)c2CC1(C)C. The van der Waals surface area contributed by atoms with Gasteiger partial charge in [0.05, 0.1) is 6.54 Å². The smallest absolute Gasteiger partial charge is 0.411 e. The lowest BCUT2D eigenvalue weighted by Gasteiger charge is -2.42. The zero-order chi connectivity index (χ0) is 14.4. The molecule has 0 aliphatic carbocycles. The predicted molar refractivity (Wildman–Crippen MR) is 78.1 cm³/mol. The molecule has 1 aliphatic heterocycles. The van der Waals surface area contributed by atoms with Crippen molar-refractivity contribution in [3.05, 3.63) is 21.9 Å². The van der Waals surface area contributed by atoms with E-state index in [4.69, 9.17) is 4.74 Å². The number of nitrogens with one attached hydrogen (secondary N) is 1. The van der Waals surface area contributed by atoms with Gasteiger partial charge in [-0.05, 0) is 62.5 Å². The number of aromatic amines is 1. The van der Waals surface area contributed by atoms with Gasteiger partial charge in [-0.2, -0.15) is 0 Å². The minimum Gasteiger partial charge on any atom is -0.444 e. The van der Waals surface area contributed by atoms with Crippen LogP contribution in [0, 0.1) is 0 Å². The van der Waals surface area contributed by atoms with Crippen molar-refractivity contribution in [3.63, 3.8) is 0 Å². The fourth-order valence-corrected chi connectivity index (χ4v) is 2.82. The number of rotatable bonds is 0. The number of fused-ring (bicyclic) bond motifs is 1. The highest BCUT2D eigenvalue weighted by molar-refractivity contribution is 9.10. The monoisotopic (exact) mass is 328 g/mol. The Morgan fingerprint density at radius 1 is 1.47 bits per heavy atom. The summed E-state index contributed by atoms with van der Waals surface area (Å²) < 4.78 is 6.58. The summed E-state index contributed by atoms with van der Waals surface area (Å²) in [6.07, 6.45) is 2.49. The van der Waals surface area contributed by atoms with Gasteiger partial charge in [-0.25, -0.2) is 4.79 Å². The number of halogens is 1. The number of aromatic nitrogens is 1. The van der Waals surface area contributed by atoms with Crippen LogP contribution < -0.4 is 0 Å². The van der Waals surface area contributed by atoms with E-state index in [1.807, 2.05) is 27.0 Å². The molecule has 0 fully saturated rings. The molecular weight excluding hydrogens is 308 g/mol. The Bertz CT molecular complexity index is 500. The van der Waals surface area contributed by atoms with E-state index in [0.29, 0.717) is 6.54 Å². The molecule has 0 saturated heterocycles. The first kappa shape index (κ1) is 14.4. The quantitative estimate of drug-likeness (QED) is 0.786. The lowest BCUT2D eigenvalue weighted by molar-refractivity contribution is -0.00294. The normalized spacial score (nSPS) is 18.1. The van der Waals surface area contributed by atoms with Crippen LogP contribution in [0.25, 0.3) is 0 Å². The number of amides is 1. The summed E-state index contributed by atoms with van der Waals surface area (Å²) in [6.45, 7) is 10.4. The van der Waals surface area contributed by atoms with Crippen molar-refractivity contribution in [2.45, 2.75) is 58.7 Å². The van der Waals surface area contributed by atoms with Crippen LogP contribution in [0.15, 0.2) is 10.7 Å². The molecule has 0 unspecified atom stereocenters. The van der Waals surface area contributed by atoms with Crippen molar-refractivity contribution in [2.24, 2.45) is 0 Å². The Morgan fingerprint density at radius 2 is 2.11 bits per heavy atom. The van der Waals surface area contributed by atoms with Crippen molar-refractivity contribution >= 4 is 22.0 Å². The van der Waals surface area contributed by atoms with Crippen LogP contribution in [-0.2, 0) is 17.7 Å². The Kier molecular flexibility index (Phi) is 3.45. The lowest BCUT2D eigenvalue weighted by Crippen LogP contribution is -2.52. The molecule has 5 heteroatoms. The molecule has 4 nitrogen and oxygen atoms in total. The number of carbonyl (C=O) groups excluding carboxylic acids is 1. The molecule has 0 spiro atoms. The van der Waals surface area contributed by atoms with Crippen molar-refractivity contribution in [1.29, 1.82) is 0 Å². The zero-order valence-corrected chi connectivity index (χ0v) is 13.7. The van der Waals surface area contributed by atoms with Gasteiger partial charge < -0.3 is 9.72 Å². The van der Waals surface area contributed by atoms with Crippen LogP contribution in [0.4, 0.5) is 4.79 Å². The van der Waals surface area contributed by atoms with Crippen molar-refractivity contribution in [1.82, 2.24) is 9.88 Å². The molecule has 1 amide bonds. The van der Waals surface area contributed by atoms with Crippen molar-refractivity contribution < 1.29 is 9.53 Å². The molecule has 1 N–H and O–H groups in total. The van der Waals surface area contributed by atoms with Gasteiger partial charge in [-0.1, -0.05) is 0 Å². The van der Waals surface area contributed by atoms with Crippen LogP contribution in [0.1, 0.15) is 45.9 Å². The van der Waals surface area contributed by atoms with Gasteiger partial charge in [0.15, 0.2) is 0 Å². The Hall–Kier alpha value is -0.970. The molecule has 1 aliphatic rings. The van der Waals surface area contributed by atoms with Crippen molar-refractivity contribution in [3.8, 4) is 0 Å². The molecule has 19 heavy (non-hydrogen) atoms. The summed E-state index contributed by atoms with van der Waals surface area (Å²) in [7, 11) is 0. The zero-order valence-electron chi connectivity index (χ0n) is 12.1. The van der Waals surface area contributed by atoms with E-state index in [9.17, 15) is 4.79 Å². The second-order valence-electron chi connectivity index (χ2n) is 6.65. The van der Waals surface area contributed by atoms with Crippen LogP contribution in [0.5, 0.6) is 0 Å². The van der Waals surface area contributed by atoms with Crippen LogP contribution in [0.3, 0.4) is 0 Å². The highest BCUT2D eigenvalue weighted by Gasteiger charge is 2.39. The van der Waals surface area contributed by atoms with E-state index in [1.54, 1.807) is 4.90 Å². The van der Waals surface area contributed by atoms with Gasteiger partial charge in [0.2, 0.25) is 0 Å². The van der Waals surface area contributed by atoms with E-state index in [0.717, 1.165) is 16.6 Å². The van der Waals surface area contributed by atoms with Crippen LogP contribution in [0.2, 0.25) is 0 Å². The first-order chi connectivity index (χ1) is 8.60. The minimum absolute atomic E-state index is 0.250. The molecule has 2 heterocycles. The van der Waals surface area contributed by atoms with Crippen molar-refractivity contribution in [2.75, 3.05) is 0 Å². The molecule has 1 aromatic heterocycles. The Balaban J connectivity index is 2.25. The summed E-state index contributed by atoms with van der Waals surface area (Å²) in [4.78, 5) is 17.3. The van der Waals surface area contributed by atoms with E-state index in [1.165, 1.54) is 5.56 Å².